The summed E-state index contributed by atoms with van der Waals surface area (Å²) in [6.07, 6.45) is 2.72. The van der Waals surface area contributed by atoms with Gasteiger partial charge in [-0.05, 0) is 31.9 Å². The van der Waals surface area contributed by atoms with E-state index < -0.39 is 6.10 Å². The Morgan fingerprint density at radius 2 is 2.20 bits per heavy atom. The summed E-state index contributed by atoms with van der Waals surface area (Å²) in [7, 11) is 1.86. The molecule has 0 aliphatic carbocycles. The summed E-state index contributed by atoms with van der Waals surface area (Å²) in [6.45, 7) is 1.54. The molecule has 4 nitrogen and oxygen atoms in total. The van der Waals surface area contributed by atoms with Gasteiger partial charge in [0.25, 0.3) is 0 Å². The van der Waals surface area contributed by atoms with Gasteiger partial charge in [0.2, 0.25) is 5.91 Å². The highest BCUT2D eigenvalue weighted by Gasteiger charge is 2.30. The van der Waals surface area contributed by atoms with Crippen LogP contribution in [0.25, 0.3) is 0 Å². The number of carbonyl (C=O) groups excluding carboxylic acids is 1. The summed E-state index contributed by atoms with van der Waals surface area (Å²) in [6, 6.07) is 9.86. The Hall–Kier alpha value is -1.39. The second-order valence-corrected chi connectivity index (χ2v) is 5.40. The molecule has 1 aromatic carbocycles. The van der Waals surface area contributed by atoms with E-state index in [2.05, 4.69) is 5.32 Å². The summed E-state index contributed by atoms with van der Waals surface area (Å²) in [5.41, 5.74) is 0.932. The average molecular weight is 276 g/mol. The summed E-state index contributed by atoms with van der Waals surface area (Å²) in [4.78, 5) is 14.1. The molecule has 2 atom stereocenters. The third-order valence-corrected chi connectivity index (χ3v) is 3.97. The van der Waals surface area contributed by atoms with Crippen LogP contribution in [0.3, 0.4) is 0 Å². The zero-order valence-corrected chi connectivity index (χ0v) is 12.1. The number of rotatable bonds is 6. The molecule has 1 fully saturated rings. The zero-order chi connectivity index (χ0) is 14.4. The van der Waals surface area contributed by atoms with Gasteiger partial charge in [-0.1, -0.05) is 30.3 Å². The number of carbonyl (C=O) groups is 1. The molecule has 2 N–H and O–H groups in total. The minimum Gasteiger partial charge on any atom is -0.388 e. The molecule has 0 saturated carbocycles. The van der Waals surface area contributed by atoms with E-state index in [1.807, 2.05) is 42.3 Å². The number of nitrogens with zero attached hydrogens (tertiary/aromatic N) is 1. The van der Waals surface area contributed by atoms with Crippen LogP contribution in [0.1, 0.15) is 37.4 Å². The van der Waals surface area contributed by atoms with E-state index in [-0.39, 0.29) is 11.9 Å². The van der Waals surface area contributed by atoms with Crippen molar-refractivity contribution in [1.82, 2.24) is 10.2 Å². The molecule has 2 unspecified atom stereocenters. The number of amides is 1. The van der Waals surface area contributed by atoms with Crippen LogP contribution in [-0.4, -0.2) is 42.1 Å². The van der Waals surface area contributed by atoms with Crippen molar-refractivity contribution in [3.05, 3.63) is 35.9 Å². The molecule has 1 amide bonds. The van der Waals surface area contributed by atoms with Gasteiger partial charge in [0.15, 0.2) is 0 Å². The fourth-order valence-electron chi connectivity index (χ4n) is 2.85. The van der Waals surface area contributed by atoms with Gasteiger partial charge < -0.3 is 15.3 Å². The second-order valence-electron chi connectivity index (χ2n) is 5.40. The number of benzene rings is 1. The number of hydrogen-bond donors (Lipinski definition) is 2. The largest absolute Gasteiger partial charge is 0.388 e. The zero-order valence-electron chi connectivity index (χ0n) is 12.1. The molecule has 0 spiro atoms. The van der Waals surface area contributed by atoms with Crippen molar-refractivity contribution in [2.24, 2.45) is 0 Å². The average Bonchev–Trinajstić information content (AvgIpc) is 2.94. The molecule has 0 aromatic heterocycles. The Morgan fingerprint density at radius 1 is 1.45 bits per heavy atom. The molecule has 1 aliphatic heterocycles. The van der Waals surface area contributed by atoms with Gasteiger partial charge in [0, 0.05) is 25.6 Å². The van der Waals surface area contributed by atoms with E-state index in [0.29, 0.717) is 19.4 Å². The van der Waals surface area contributed by atoms with E-state index >= 15 is 0 Å². The maximum atomic E-state index is 12.1. The number of nitrogens with one attached hydrogen (secondary N) is 1. The van der Waals surface area contributed by atoms with Crippen molar-refractivity contribution in [2.75, 3.05) is 20.1 Å². The summed E-state index contributed by atoms with van der Waals surface area (Å²) >= 11 is 0. The third-order valence-electron chi connectivity index (χ3n) is 3.97. The maximum Gasteiger partial charge on any atom is 0.224 e. The van der Waals surface area contributed by atoms with Crippen LogP contribution in [0.4, 0.5) is 0 Å². The van der Waals surface area contributed by atoms with Crippen molar-refractivity contribution in [1.29, 1.82) is 0 Å². The first kappa shape index (κ1) is 15.0. The Kier molecular flexibility index (Phi) is 5.56. The summed E-state index contributed by atoms with van der Waals surface area (Å²) in [5, 5.41) is 13.3. The molecule has 1 heterocycles. The molecule has 4 heteroatoms. The van der Waals surface area contributed by atoms with Crippen LogP contribution in [-0.2, 0) is 4.79 Å². The number of likely N-dealkylation sites (tertiary alicyclic amines) is 1. The molecular weight excluding hydrogens is 252 g/mol. The lowest BCUT2D eigenvalue weighted by Crippen LogP contribution is -2.37. The van der Waals surface area contributed by atoms with E-state index in [9.17, 15) is 9.90 Å². The predicted molar refractivity (Wildman–Crippen MR) is 79.3 cm³/mol. The molecule has 0 radical (unpaired) electrons. The first-order chi connectivity index (χ1) is 9.72. The van der Waals surface area contributed by atoms with Gasteiger partial charge in [-0.25, -0.2) is 0 Å². The van der Waals surface area contributed by atoms with Crippen molar-refractivity contribution >= 4 is 5.91 Å². The molecular formula is C16H24N2O2. The SMILES string of the molecule is CNCCC(=O)N1CCCC1CC(O)c1ccccc1. The topological polar surface area (TPSA) is 52.6 Å². The quantitative estimate of drug-likeness (QED) is 0.831. The van der Waals surface area contributed by atoms with Crippen LogP contribution in [0.5, 0.6) is 0 Å². The molecule has 20 heavy (non-hydrogen) atoms. The van der Waals surface area contributed by atoms with Gasteiger partial charge in [-0.15, -0.1) is 0 Å². The first-order valence-electron chi connectivity index (χ1n) is 7.39. The normalized spacial score (nSPS) is 20.1. The number of hydrogen-bond acceptors (Lipinski definition) is 3. The maximum absolute atomic E-state index is 12.1. The van der Waals surface area contributed by atoms with Crippen LogP contribution < -0.4 is 5.32 Å². The van der Waals surface area contributed by atoms with Crippen molar-refractivity contribution in [3.63, 3.8) is 0 Å². The lowest BCUT2D eigenvalue weighted by Gasteiger charge is -2.27. The molecule has 1 saturated heterocycles. The van der Waals surface area contributed by atoms with E-state index in [0.717, 1.165) is 24.9 Å². The Labute approximate surface area is 120 Å². The first-order valence-corrected chi connectivity index (χ1v) is 7.39. The van der Waals surface area contributed by atoms with Crippen LogP contribution >= 0.6 is 0 Å². The third kappa shape index (κ3) is 3.81. The van der Waals surface area contributed by atoms with Crippen LogP contribution in [0.15, 0.2) is 30.3 Å². The van der Waals surface area contributed by atoms with Gasteiger partial charge in [0.1, 0.15) is 0 Å². The van der Waals surface area contributed by atoms with Crippen molar-refractivity contribution in [2.45, 2.75) is 37.8 Å². The summed E-state index contributed by atoms with van der Waals surface area (Å²) in [5.74, 6) is 0.196. The summed E-state index contributed by atoms with van der Waals surface area (Å²) < 4.78 is 0. The Bertz CT molecular complexity index is 422. The minimum atomic E-state index is -0.487. The lowest BCUT2D eigenvalue weighted by atomic mass is 10.0. The minimum absolute atomic E-state index is 0.176. The lowest BCUT2D eigenvalue weighted by molar-refractivity contribution is -0.132. The standard InChI is InChI=1S/C16H24N2O2/c1-17-10-9-16(20)18-11-5-8-14(18)12-15(19)13-6-3-2-4-7-13/h2-4,6-7,14-15,17,19H,5,8-12H2,1H3. The highest BCUT2D eigenvalue weighted by molar-refractivity contribution is 5.77. The van der Waals surface area contributed by atoms with E-state index in [1.54, 1.807) is 0 Å². The van der Waals surface area contributed by atoms with E-state index in [1.165, 1.54) is 0 Å². The monoisotopic (exact) mass is 276 g/mol. The fraction of sp³-hybridized carbons (Fsp3) is 0.562. The highest BCUT2D eigenvalue weighted by Crippen LogP contribution is 2.27. The predicted octanol–water partition coefficient (Wildman–Crippen LogP) is 1.71. The van der Waals surface area contributed by atoms with Gasteiger partial charge >= 0.3 is 0 Å². The smallest absolute Gasteiger partial charge is 0.224 e. The van der Waals surface area contributed by atoms with Gasteiger partial charge in [-0.3, -0.25) is 4.79 Å². The second kappa shape index (κ2) is 7.41. The number of aliphatic hydroxyl groups excluding tert-OH is 1. The Balaban J connectivity index is 1.92. The van der Waals surface area contributed by atoms with Gasteiger partial charge in [0.05, 0.1) is 6.10 Å². The molecule has 110 valence electrons. The Morgan fingerprint density at radius 3 is 2.90 bits per heavy atom. The van der Waals surface area contributed by atoms with Crippen molar-refractivity contribution in [3.8, 4) is 0 Å². The van der Waals surface area contributed by atoms with E-state index in [4.69, 9.17) is 0 Å². The molecule has 1 aliphatic rings. The van der Waals surface area contributed by atoms with Crippen LogP contribution in [0.2, 0.25) is 0 Å². The fourth-order valence-corrected chi connectivity index (χ4v) is 2.85. The van der Waals surface area contributed by atoms with Gasteiger partial charge in [-0.2, -0.15) is 0 Å². The molecule has 2 rings (SSSR count). The number of aliphatic hydroxyl groups is 1. The van der Waals surface area contributed by atoms with Crippen LogP contribution in [0, 0.1) is 0 Å². The molecule has 1 aromatic rings. The molecule has 0 bridgehead atoms. The highest BCUT2D eigenvalue weighted by atomic mass is 16.3. The van der Waals surface area contributed by atoms with Crippen molar-refractivity contribution < 1.29 is 9.90 Å².